The van der Waals surface area contributed by atoms with Gasteiger partial charge >= 0.3 is 5.97 Å². The third kappa shape index (κ3) is 7.54. The van der Waals surface area contributed by atoms with Crippen LogP contribution in [0, 0.1) is 0 Å². The largest absolute Gasteiger partial charge is 0.480 e. The fourth-order valence-electron chi connectivity index (χ4n) is 4.35. The number of nitrogens with two attached hydrogens (primary N) is 1. The van der Waals surface area contributed by atoms with E-state index in [1.807, 2.05) is 30.3 Å². The van der Waals surface area contributed by atoms with Gasteiger partial charge in [-0.15, -0.1) is 0 Å². The summed E-state index contributed by atoms with van der Waals surface area (Å²) in [4.78, 5) is 60.6. The Bertz CT molecular complexity index is 1450. The third-order valence-corrected chi connectivity index (χ3v) is 6.39. The maximum Gasteiger partial charge on any atom is 0.322 e. The van der Waals surface area contributed by atoms with Gasteiger partial charge in [0.25, 0.3) is 0 Å². The molecular weight excluding hydrogens is 514 g/mol. The van der Waals surface area contributed by atoms with Crippen LogP contribution >= 0.6 is 0 Å². The number of hydrogen-bond acceptors (Lipinski definition) is 6. The van der Waals surface area contributed by atoms with E-state index in [4.69, 9.17) is 10.8 Å². The highest BCUT2D eigenvalue weighted by Crippen LogP contribution is 2.19. The molecular formula is C28H31N7O5. The number of nitrogens with one attached hydrogen (secondary N) is 5. The fourth-order valence-corrected chi connectivity index (χ4v) is 4.35. The quantitative estimate of drug-likeness (QED) is 0.126. The molecule has 8 N–H and O–H groups in total. The number of aromatic nitrogens is 3. The second-order valence-corrected chi connectivity index (χ2v) is 9.37. The molecule has 0 aliphatic heterocycles. The lowest BCUT2D eigenvalue weighted by atomic mass is 10.0. The highest BCUT2D eigenvalue weighted by atomic mass is 16.4. The van der Waals surface area contributed by atoms with Crippen molar-refractivity contribution >= 4 is 34.6 Å². The standard InChI is InChI=1S/C28H31N7O5/c29-21(12-19-14-30-16-33-19)26(38)34-24(11-18-13-31-22-9-5-4-8-20(18)22)28(40)35-23(27(39)32-15-25(36)37)10-17-6-2-1-3-7-17/h1-9,13-14,16,21,23-24,31H,10-12,15,29H2,(H,30,33)(H,32,39)(H,34,38)(H,35,40)(H,36,37). The number of carbonyl (C=O) groups is 4. The SMILES string of the molecule is NC(Cc1cnc[nH]1)C(=O)NC(Cc1c[nH]c2ccccc12)C(=O)NC(Cc1ccccc1)C(=O)NCC(=O)O. The van der Waals surface area contributed by atoms with Crippen LogP contribution in [0.15, 0.2) is 73.3 Å². The van der Waals surface area contributed by atoms with Gasteiger partial charge in [0, 0.05) is 48.3 Å². The van der Waals surface area contributed by atoms with Crippen molar-refractivity contribution in [3.05, 3.63) is 90.1 Å². The Morgan fingerprint density at radius 2 is 1.55 bits per heavy atom. The molecule has 0 spiro atoms. The average molecular weight is 546 g/mol. The van der Waals surface area contributed by atoms with Crippen molar-refractivity contribution in [1.82, 2.24) is 30.9 Å². The number of carboxylic acid groups (broad SMARTS) is 1. The van der Waals surface area contributed by atoms with Crippen LogP contribution in [0.3, 0.4) is 0 Å². The Kier molecular flexibility index (Phi) is 9.26. The zero-order valence-electron chi connectivity index (χ0n) is 21.6. The Morgan fingerprint density at radius 1 is 0.850 bits per heavy atom. The van der Waals surface area contributed by atoms with Gasteiger partial charge in [0.2, 0.25) is 17.7 Å². The van der Waals surface area contributed by atoms with E-state index in [0.29, 0.717) is 5.69 Å². The maximum atomic E-state index is 13.6. The van der Waals surface area contributed by atoms with Gasteiger partial charge in [0.15, 0.2) is 0 Å². The van der Waals surface area contributed by atoms with Gasteiger partial charge in [-0.3, -0.25) is 19.2 Å². The molecule has 2 heterocycles. The number of carbonyl (C=O) groups excluding carboxylic acids is 3. The van der Waals surface area contributed by atoms with Crippen LogP contribution in [0.4, 0.5) is 0 Å². The topological polar surface area (TPSA) is 195 Å². The molecule has 0 aliphatic rings. The number of imidazole rings is 1. The lowest BCUT2D eigenvalue weighted by molar-refractivity contribution is -0.138. The molecule has 3 amide bonds. The number of fused-ring (bicyclic) bond motifs is 1. The third-order valence-electron chi connectivity index (χ3n) is 6.39. The van der Waals surface area contributed by atoms with Crippen LogP contribution in [-0.2, 0) is 38.4 Å². The first-order chi connectivity index (χ1) is 19.3. The van der Waals surface area contributed by atoms with Crippen molar-refractivity contribution in [3.8, 4) is 0 Å². The molecule has 0 saturated carbocycles. The van der Waals surface area contributed by atoms with Crippen molar-refractivity contribution in [2.75, 3.05) is 6.54 Å². The molecule has 4 aromatic rings. The predicted molar refractivity (Wildman–Crippen MR) is 147 cm³/mol. The Morgan fingerprint density at radius 3 is 2.27 bits per heavy atom. The molecule has 3 unspecified atom stereocenters. The highest BCUT2D eigenvalue weighted by Gasteiger charge is 2.29. The average Bonchev–Trinajstić information content (AvgIpc) is 3.61. The van der Waals surface area contributed by atoms with Crippen LogP contribution in [0.1, 0.15) is 16.8 Å². The van der Waals surface area contributed by atoms with Gasteiger partial charge < -0.3 is 36.8 Å². The summed E-state index contributed by atoms with van der Waals surface area (Å²) in [5, 5.41) is 17.7. The van der Waals surface area contributed by atoms with E-state index in [-0.39, 0.29) is 19.3 Å². The van der Waals surface area contributed by atoms with Crippen LogP contribution in [0.5, 0.6) is 0 Å². The number of nitrogens with zero attached hydrogens (tertiary/aromatic N) is 1. The number of aromatic amines is 2. The Hall–Kier alpha value is -4.97. The van der Waals surface area contributed by atoms with Crippen molar-refractivity contribution in [1.29, 1.82) is 0 Å². The highest BCUT2D eigenvalue weighted by molar-refractivity contribution is 5.94. The van der Waals surface area contributed by atoms with Crippen LogP contribution in [0.2, 0.25) is 0 Å². The summed E-state index contributed by atoms with van der Waals surface area (Å²) in [5.41, 5.74) is 9.20. The monoisotopic (exact) mass is 545 g/mol. The molecule has 4 rings (SSSR count). The zero-order chi connectivity index (χ0) is 28.5. The molecule has 208 valence electrons. The summed E-state index contributed by atoms with van der Waals surface area (Å²) in [6.07, 6.45) is 5.23. The van der Waals surface area contributed by atoms with Gasteiger partial charge in [-0.1, -0.05) is 48.5 Å². The van der Waals surface area contributed by atoms with Crippen LogP contribution < -0.4 is 21.7 Å². The summed E-state index contributed by atoms with van der Waals surface area (Å²) in [5.74, 6) is -3.04. The zero-order valence-corrected chi connectivity index (χ0v) is 21.6. The predicted octanol–water partition coefficient (Wildman–Crippen LogP) is 0.417. The molecule has 40 heavy (non-hydrogen) atoms. The molecule has 0 aliphatic carbocycles. The van der Waals surface area contributed by atoms with Gasteiger partial charge in [-0.05, 0) is 17.2 Å². The van der Waals surface area contributed by atoms with E-state index in [1.54, 1.807) is 36.7 Å². The first-order valence-corrected chi connectivity index (χ1v) is 12.7. The number of benzene rings is 2. The minimum Gasteiger partial charge on any atom is -0.480 e. The smallest absolute Gasteiger partial charge is 0.322 e. The van der Waals surface area contributed by atoms with Crippen LogP contribution in [0.25, 0.3) is 10.9 Å². The minimum atomic E-state index is -1.21. The number of aliphatic carboxylic acids is 1. The van der Waals surface area contributed by atoms with E-state index >= 15 is 0 Å². The molecule has 0 bridgehead atoms. The lowest BCUT2D eigenvalue weighted by Crippen LogP contribution is -2.57. The van der Waals surface area contributed by atoms with Gasteiger partial charge in [0.1, 0.15) is 18.6 Å². The van der Waals surface area contributed by atoms with Gasteiger partial charge in [-0.25, -0.2) is 4.98 Å². The minimum absolute atomic E-state index is 0.116. The second-order valence-electron chi connectivity index (χ2n) is 9.37. The summed E-state index contributed by atoms with van der Waals surface area (Å²) < 4.78 is 0. The normalized spacial score (nSPS) is 13.2. The summed E-state index contributed by atoms with van der Waals surface area (Å²) in [6.45, 7) is -0.599. The number of amides is 3. The van der Waals surface area contributed by atoms with Crippen LogP contribution in [-0.4, -0.2) is 68.4 Å². The fraction of sp³-hybridized carbons (Fsp3) is 0.250. The molecule has 0 saturated heterocycles. The molecule has 0 radical (unpaired) electrons. The Balaban J connectivity index is 1.55. The Labute approximate surface area is 229 Å². The van der Waals surface area contributed by atoms with E-state index in [2.05, 4.69) is 30.9 Å². The summed E-state index contributed by atoms with van der Waals surface area (Å²) in [7, 11) is 0. The van der Waals surface area contributed by atoms with Crippen molar-refractivity contribution < 1.29 is 24.3 Å². The second kappa shape index (κ2) is 13.2. The lowest BCUT2D eigenvalue weighted by Gasteiger charge is -2.24. The van der Waals surface area contributed by atoms with E-state index in [0.717, 1.165) is 22.0 Å². The first kappa shape index (κ1) is 28.0. The van der Waals surface area contributed by atoms with E-state index < -0.39 is 48.4 Å². The molecule has 12 heteroatoms. The van der Waals surface area contributed by atoms with Crippen molar-refractivity contribution in [2.45, 2.75) is 37.4 Å². The molecule has 3 atom stereocenters. The molecule has 2 aromatic heterocycles. The number of carboxylic acids is 1. The van der Waals surface area contributed by atoms with Crippen molar-refractivity contribution in [3.63, 3.8) is 0 Å². The summed E-state index contributed by atoms with van der Waals surface area (Å²) in [6, 6.07) is 13.4. The van der Waals surface area contributed by atoms with E-state index in [1.165, 1.54) is 6.33 Å². The number of rotatable bonds is 13. The summed E-state index contributed by atoms with van der Waals surface area (Å²) >= 11 is 0. The van der Waals surface area contributed by atoms with Gasteiger partial charge in [0.05, 0.1) is 12.4 Å². The van der Waals surface area contributed by atoms with Crippen molar-refractivity contribution in [2.24, 2.45) is 5.73 Å². The first-order valence-electron chi connectivity index (χ1n) is 12.7. The molecule has 0 fully saturated rings. The molecule has 12 nitrogen and oxygen atoms in total. The van der Waals surface area contributed by atoms with Gasteiger partial charge in [-0.2, -0.15) is 0 Å². The number of H-pyrrole nitrogens is 2. The maximum absolute atomic E-state index is 13.6. The number of hydrogen-bond donors (Lipinski definition) is 7. The van der Waals surface area contributed by atoms with E-state index in [9.17, 15) is 19.2 Å². The number of para-hydroxylation sites is 1. The molecule has 2 aromatic carbocycles.